The van der Waals surface area contributed by atoms with E-state index in [4.69, 9.17) is 9.47 Å². The maximum absolute atomic E-state index is 9.54. The average molecular weight is 419 g/mol. The van der Waals surface area contributed by atoms with Crippen molar-refractivity contribution >= 4 is 0 Å². The van der Waals surface area contributed by atoms with Gasteiger partial charge in [0.25, 0.3) is 0 Å². The van der Waals surface area contributed by atoms with Crippen molar-refractivity contribution in [2.24, 2.45) is 0 Å². The predicted octanol–water partition coefficient (Wildman–Crippen LogP) is 4.54. The summed E-state index contributed by atoms with van der Waals surface area (Å²) in [4.78, 5) is 0. The van der Waals surface area contributed by atoms with Crippen molar-refractivity contribution in [3.05, 3.63) is 0 Å². The van der Waals surface area contributed by atoms with Crippen LogP contribution in [0, 0.1) is 0 Å². The van der Waals surface area contributed by atoms with Crippen LogP contribution in [0.1, 0.15) is 90.9 Å². The van der Waals surface area contributed by atoms with Gasteiger partial charge in [0.15, 0.2) is 0 Å². The van der Waals surface area contributed by atoms with E-state index >= 15 is 0 Å². The third-order valence-corrected chi connectivity index (χ3v) is 5.85. The Balaban J connectivity index is 3.96. The van der Waals surface area contributed by atoms with Crippen LogP contribution >= 0.6 is 0 Å². The summed E-state index contributed by atoms with van der Waals surface area (Å²) >= 11 is 0. The molecule has 29 heavy (non-hydrogen) atoms. The molecule has 5 heteroatoms. The van der Waals surface area contributed by atoms with Crippen molar-refractivity contribution in [2.75, 3.05) is 65.8 Å². The van der Waals surface area contributed by atoms with Crippen molar-refractivity contribution in [3.63, 3.8) is 0 Å². The van der Waals surface area contributed by atoms with Crippen molar-refractivity contribution in [2.45, 2.75) is 90.9 Å². The second kappa shape index (κ2) is 22.5. The summed E-state index contributed by atoms with van der Waals surface area (Å²) < 4.78 is 12.4. The van der Waals surface area contributed by atoms with Gasteiger partial charge in [0.1, 0.15) is 26.2 Å². The zero-order valence-electron chi connectivity index (χ0n) is 19.7. The standard InChI is InChI=1S/C24H52NO4/c1-3-5-7-9-11-13-21-28-23-17-25(15-19-26,16-20-27)18-24-29-22-14-12-10-8-6-4-2/h26-27H,3-24H2,1-2H3/q+1. The van der Waals surface area contributed by atoms with Gasteiger partial charge in [-0.25, -0.2) is 0 Å². The molecule has 176 valence electrons. The Hall–Kier alpha value is -0.200. The Labute approximate surface area is 181 Å². The number of hydrogen-bond donors (Lipinski definition) is 2. The number of aliphatic hydroxyl groups is 2. The fraction of sp³-hybridized carbons (Fsp3) is 1.00. The van der Waals surface area contributed by atoms with E-state index in [9.17, 15) is 10.2 Å². The van der Waals surface area contributed by atoms with Gasteiger partial charge in [-0.1, -0.05) is 78.1 Å². The van der Waals surface area contributed by atoms with Crippen LogP contribution < -0.4 is 0 Å². The Morgan fingerprint density at radius 2 is 0.862 bits per heavy atom. The van der Waals surface area contributed by atoms with E-state index in [1.165, 1.54) is 64.2 Å². The van der Waals surface area contributed by atoms with Crippen molar-refractivity contribution in [1.82, 2.24) is 0 Å². The molecule has 0 atom stereocenters. The highest BCUT2D eigenvalue weighted by molar-refractivity contribution is 4.49. The molecule has 0 aromatic heterocycles. The Kier molecular flexibility index (Phi) is 22.3. The summed E-state index contributed by atoms with van der Waals surface area (Å²) in [7, 11) is 0. The Morgan fingerprint density at radius 1 is 0.483 bits per heavy atom. The van der Waals surface area contributed by atoms with Gasteiger partial charge in [0.05, 0.1) is 26.4 Å². The molecule has 0 aliphatic carbocycles. The maximum atomic E-state index is 9.54. The van der Waals surface area contributed by atoms with Crippen molar-refractivity contribution in [1.29, 1.82) is 0 Å². The molecular weight excluding hydrogens is 366 g/mol. The van der Waals surface area contributed by atoms with E-state index in [1.54, 1.807) is 0 Å². The zero-order chi connectivity index (χ0) is 21.5. The minimum absolute atomic E-state index is 0.134. The molecule has 2 N–H and O–H groups in total. The van der Waals surface area contributed by atoms with E-state index in [0.717, 1.165) is 39.1 Å². The van der Waals surface area contributed by atoms with Gasteiger partial charge in [0, 0.05) is 13.2 Å². The van der Waals surface area contributed by atoms with Gasteiger partial charge in [-0.3, -0.25) is 0 Å². The van der Waals surface area contributed by atoms with Crippen LogP contribution in [0.5, 0.6) is 0 Å². The summed E-state index contributed by atoms with van der Waals surface area (Å²) in [5.41, 5.74) is 0. The lowest BCUT2D eigenvalue weighted by molar-refractivity contribution is -0.929. The molecule has 0 aromatic rings. The van der Waals surface area contributed by atoms with E-state index in [1.807, 2.05) is 0 Å². The van der Waals surface area contributed by atoms with Gasteiger partial charge in [-0.15, -0.1) is 0 Å². The lowest BCUT2D eigenvalue weighted by Gasteiger charge is -2.37. The van der Waals surface area contributed by atoms with Crippen LogP contribution in [0.4, 0.5) is 0 Å². The van der Waals surface area contributed by atoms with Crippen LogP contribution in [-0.2, 0) is 9.47 Å². The second-order valence-corrected chi connectivity index (χ2v) is 8.44. The van der Waals surface area contributed by atoms with Gasteiger partial charge < -0.3 is 24.2 Å². The van der Waals surface area contributed by atoms with Crippen molar-refractivity contribution in [3.8, 4) is 0 Å². The first-order valence-electron chi connectivity index (χ1n) is 12.5. The molecule has 0 saturated carbocycles. The first kappa shape index (κ1) is 28.8. The number of aliphatic hydroxyl groups excluding tert-OH is 2. The van der Waals surface area contributed by atoms with Gasteiger partial charge in [0.2, 0.25) is 0 Å². The highest BCUT2D eigenvalue weighted by Crippen LogP contribution is 2.09. The van der Waals surface area contributed by atoms with Crippen LogP contribution in [0.3, 0.4) is 0 Å². The summed E-state index contributed by atoms with van der Waals surface area (Å²) in [5, 5.41) is 19.1. The fourth-order valence-corrected chi connectivity index (χ4v) is 3.78. The molecule has 0 unspecified atom stereocenters. The molecule has 0 saturated heterocycles. The summed E-state index contributed by atoms with van der Waals surface area (Å²) in [6.07, 6.45) is 15.3. The quantitative estimate of drug-likeness (QED) is 0.178. The number of hydrogen-bond acceptors (Lipinski definition) is 4. The zero-order valence-corrected chi connectivity index (χ0v) is 19.7. The van der Waals surface area contributed by atoms with Crippen LogP contribution in [-0.4, -0.2) is 80.5 Å². The van der Waals surface area contributed by atoms with Crippen molar-refractivity contribution < 1.29 is 24.2 Å². The normalized spacial score (nSPS) is 12.0. The maximum Gasteiger partial charge on any atom is 0.103 e. The van der Waals surface area contributed by atoms with Crippen LogP contribution in [0.2, 0.25) is 0 Å². The van der Waals surface area contributed by atoms with E-state index < -0.39 is 0 Å². The van der Waals surface area contributed by atoms with Gasteiger partial charge in [-0.2, -0.15) is 0 Å². The largest absolute Gasteiger partial charge is 0.391 e. The topological polar surface area (TPSA) is 58.9 Å². The first-order chi connectivity index (χ1) is 14.2. The highest BCUT2D eigenvalue weighted by atomic mass is 16.5. The molecule has 0 radical (unpaired) electrons. The monoisotopic (exact) mass is 418 g/mol. The molecule has 0 aromatic carbocycles. The third kappa shape index (κ3) is 18.3. The van der Waals surface area contributed by atoms with Crippen LogP contribution in [0.15, 0.2) is 0 Å². The molecule has 5 nitrogen and oxygen atoms in total. The molecule has 0 bridgehead atoms. The fourth-order valence-electron chi connectivity index (χ4n) is 3.78. The van der Waals surface area contributed by atoms with Gasteiger partial charge >= 0.3 is 0 Å². The number of ether oxygens (including phenoxy) is 2. The molecule has 0 aliphatic rings. The van der Waals surface area contributed by atoms with E-state index in [0.29, 0.717) is 30.8 Å². The molecule has 0 aliphatic heterocycles. The molecule has 0 fully saturated rings. The minimum Gasteiger partial charge on any atom is -0.391 e. The summed E-state index contributed by atoms with van der Waals surface area (Å²) in [6, 6.07) is 0. The smallest absolute Gasteiger partial charge is 0.103 e. The molecule has 0 heterocycles. The molecule has 0 amide bonds. The Morgan fingerprint density at radius 3 is 1.24 bits per heavy atom. The summed E-state index contributed by atoms with van der Waals surface area (Å²) in [6.45, 7) is 10.7. The third-order valence-electron chi connectivity index (χ3n) is 5.85. The lowest BCUT2D eigenvalue weighted by atomic mass is 10.1. The predicted molar refractivity (Wildman–Crippen MR) is 122 cm³/mol. The van der Waals surface area contributed by atoms with E-state index in [-0.39, 0.29) is 13.2 Å². The first-order valence-corrected chi connectivity index (χ1v) is 12.5. The lowest BCUT2D eigenvalue weighted by Crippen LogP contribution is -2.55. The number of rotatable bonds is 24. The summed E-state index contributed by atoms with van der Waals surface area (Å²) in [5.74, 6) is 0. The Bertz CT molecular complexity index is 285. The number of quaternary nitrogens is 1. The number of unbranched alkanes of at least 4 members (excludes halogenated alkanes) is 10. The van der Waals surface area contributed by atoms with Crippen LogP contribution in [0.25, 0.3) is 0 Å². The minimum atomic E-state index is 0.134. The van der Waals surface area contributed by atoms with Gasteiger partial charge in [-0.05, 0) is 12.8 Å². The molecule has 0 spiro atoms. The average Bonchev–Trinajstić information content (AvgIpc) is 2.72. The highest BCUT2D eigenvalue weighted by Gasteiger charge is 2.26. The van der Waals surface area contributed by atoms with E-state index in [2.05, 4.69) is 13.8 Å². The molecular formula is C24H52NO4+. The SMILES string of the molecule is CCCCCCCCOCC[N+](CCO)(CCO)CCOCCCCCCCC. The number of nitrogens with zero attached hydrogens (tertiary/aromatic N) is 1. The second-order valence-electron chi connectivity index (χ2n) is 8.44. The molecule has 0 rings (SSSR count).